The van der Waals surface area contributed by atoms with Crippen LogP contribution in [0.1, 0.15) is 22.4 Å². The average molecular weight is 324 g/mol. The minimum Gasteiger partial charge on any atom is -0.458 e. The van der Waals surface area contributed by atoms with Gasteiger partial charge in [-0.05, 0) is 17.0 Å². The first kappa shape index (κ1) is 14.3. The van der Waals surface area contributed by atoms with Crippen molar-refractivity contribution in [3.8, 4) is 6.07 Å². The van der Waals surface area contributed by atoms with Crippen LogP contribution in [0.5, 0.6) is 0 Å². The van der Waals surface area contributed by atoms with Crippen molar-refractivity contribution in [2.75, 3.05) is 0 Å². The molecule has 0 radical (unpaired) electrons. The Morgan fingerprint density at radius 1 is 1.13 bits per heavy atom. The molecule has 0 aliphatic carbocycles. The fourth-order valence-corrected chi connectivity index (χ4v) is 4.34. The van der Waals surface area contributed by atoms with Gasteiger partial charge >= 0.3 is 0 Å². The molecule has 0 bridgehead atoms. The summed E-state index contributed by atoms with van der Waals surface area (Å²) in [6.07, 6.45) is -0.260. The summed E-state index contributed by atoms with van der Waals surface area (Å²) in [7, 11) is 0. The lowest BCUT2D eigenvalue weighted by atomic mass is 9.77. The third kappa shape index (κ3) is 2.30. The van der Waals surface area contributed by atoms with Crippen LogP contribution in [-0.4, -0.2) is 6.23 Å². The van der Waals surface area contributed by atoms with Crippen molar-refractivity contribution in [2.24, 2.45) is 11.7 Å². The number of hydrogen-bond acceptors (Lipinski definition) is 6. The summed E-state index contributed by atoms with van der Waals surface area (Å²) >= 11 is 1.64. The lowest BCUT2D eigenvalue weighted by Crippen LogP contribution is -2.40. The van der Waals surface area contributed by atoms with Gasteiger partial charge in [0, 0.05) is 16.7 Å². The van der Waals surface area contributed by atoms with Crippen LogP contribution in [0.2, 0.25) is 0 Å². The molecule has 1 aromatic carbocycles. The van der Waals surface area contributed by atoms with Gasteiger partial charge < -0.3 is 10.5 Å². The van der Waals surface area contributed by atoms with Gasteiger partial charge in [0.25, 0.3) is 0 Å². The molecule has 2 aliphatic rings. The van der Waals surface area contributed by atoms with E-state index in [0.717, 1.165) is 10.4 Å². The number of ether oxygens (including phenoxy) is 1. The van der Waals surface area contributed by atoms with E-state index in [1.807, 2.05) is 29.6 Å². The minimum atomic E-state index is -0.260. The number of thiophene rings is 1. The van der Waals surface area contributed by atoms with Gasteiger partial charge in [0.15, 0.2) is 6.23 Å². The molecule has 23 heavy (non-hydrogen) atoms. The van der Waals surface area contributed by atoms with Crippen LogP contribution in [0, 0.1) is 17.2 Å². The first-order chi connectivity index (χ1) is 11.3. The number of nitrogens with one attached hydrogen (secondary N) is 2. The van der Waals surface area contributed by atoms with Crippen molar-refractivity contribution in [3.05, 3.63) is 69.7 Å². The number of allylic oxidation sites excluding steroid dienone is 1. The van der Waals surface area contributed by atoms with E-state index in [-0.39, 0.29) is 30.0 Å². The van der Waals surface area contributed by atoms with Gasteiger partial charge in [-0.1, -0.05) is 36.4 Å². The fourth-order valence-electron chi connectivity index (χ4n) is 3.45. The summed E-state index contributed by atoms with van der Waals surface area (Å²) in [4.78, 5) is 1.13. The van der Waals surface area contributed by atoms with Gasteiger partial charge in [0.05, 0.1) is 11.6 Å². The van der Waals surface area contributed by atoms with Gasteiger partial charge in [-0.25, -0.2) is 10.9 Å². The quantitative estimate of drug-likeness (QED) is 0.790. The molecule has 4 rings (SSSR count). The maximum Gasteiger partial charge on any atom is 0.200 e. The Kier molecular flexibility index (Phi) is 3.54. The van der Waals surface area contributed by atoms with Gasteiger partial charge in [-0.15, -0.1) is 11.3 Å². The molecule has 5 nitrogen and oxygen atoms in total. The van der Waals surface area contributed by atoms with Crippen LogP contribution < -0.4 is 16.6 Å². The molecule has 3 heterocycles. The lowest BCUT2D eigenvalue weighted by molar-refractivity contribution is 0.0345. The highest BCUT2D eigenvalue weighted by molar-refractivity contribution is 7.10. The smallest absolute Gasteiger partial charge is 0.200 e. The Labute approximate surface area is 138 Å². The summed E-state index contributed by atoms with van der Waals surface area (Å²) in [6.45, 7) is 0. The summed E-state index contributed by atoms with van der Waals surface area (Å²) in [5, 5.41) is 11.6. The van der Waals surface area contributed by atoms with Gasteiger partial charge in [0.2, 0.25) is 5.88 Å². The van der Waals surface area contributed by atoms with Crippen LogP contribution in [-0.2, 0) is 4.74 Å². The van der Waals surface area contributed by atoms with Crippen molar-refractivity contribution in [1.29, 1.82) is 5.26 Å². The van der Waals surface area contributed by atoms with E-state index in [9.17, 15) is 5.26 Å². The third-order valence-electron chi connectivity index (χ3n) is 4.46. The predicted molar refractivity (Wildman–Crippen MR) is 87.7 cm³/mol. The lowest BCUT2D eigenvalue weighted by Gasteiger charge is -2.35. The highest BCUT2D eigenvalue weighted by Crippen LogP contribution is 2.48. The molecular weight excluding hydrogens is 308 g/mol. The Balaban J connectivity index is 1.81. The van der Waals surface area contributed by atoms with Crippen LogP contribution in [0.4, 0.5) is 0 Å². The van der Waals surface area contributed by atoms with E-state index in [1.54, 1.807) is 11.3 Å². The Morgan fingerprint density at radius 3 is 2.65 bits per heavy atom. The van der Waals surface area contributed by atoms with E-state index in [0.29, 0.717) is 5.57 Å². The zero-order valence-corrected chi connectivity index (χ0v) is 13.1. The summed E-state index contributed by atoms with van der Waals surface area (Å²) < 4.78 is 5.76. The standard InChI is InChI=1S/C17H16N4OS/c18-9-11-13(12-7-4-8-23-12)14-15(10-5-2-1-3-6-10)20-21-17(14)22-16(11)19/h1-8,13-15,17,20-21H,19H2. The SMILES string of the molecule is N#CC1=C(N)OC2NNC(c3ccccc3)C2C1c1cccs1. The Hall–Kier alpha value is -2.33. The van der Waals surface area contributed by atoms with E-state index in [1.165, 1.54) is 0 Å². The first-order valence-electron chi connectivity index (χ1n) is 7.45. The Morgan fingerprint density at radius 2 is 1.96 bits per heavy atom. The zero-order chi connectivity index (χ0) is 15.8. The number of benzene rings is 1. The maximum atomic E-state index is 9.60. The summed E-state index contributed by atoms with van der Waals surface area (Å²) in [6, 6.07) is 16.6. The predicted octanol–water partition coefficient (Wildman–Crippen LogP) is 2.35. The van der Waals surface area contributed by atoms with Crippen molar-refractivity contribution in [1.82, 2.24) is 10.9 Å². The highest BCUT2D eigenvalue weighted by Gasteiger charge is 2.49. The van der Waals surface area contributed by atoms with Gasteiger partial charge in [-0.3, -0.25) is 0 Å². The van der Waals surface area contributed by atoms with Crippen LogP contribution in [0.15, 0.2) is 59.3 Å². The molecule has 0 spiro atoms. The summed E-state index contributed by atoms with van der Waals surface area (Å²) in [5.74, 6) is 0.194. The van der Waals surface area contributed by atoms with Crippen molar-refractivity contribution >= 4 is 11.3 Å². The number of rotatable bonds is 2. The van der Waals surface area contributed by atoms with Gasteiger partial charge in [0.1, 0.15) is 6.07 Å². The topological polar surface area (TPSA) is 83.1 Å². The van der Waals surface area contributed by atoms with Crippen molar-refractivity contribution < 1.29 is 4.74 Å². The fraction of sp³-hybridized carbons (Fsp3) is 0.235. The molecule has 1 saturated heterocycles. The van der Waals surface area contributed by atoms with Crippen molar-refractivity contribution in [3.63, 3.8) is 0 Å². The van der Waals surface area contributed by atoms with Gasteiger partial charge in [-0.2, -0.15) is 5.26 Å². The molecule has 1 aromatic heterocycles. The molecular formula is C17H16N4OS. The molecule has 2 aliphatic heterocycles. The van der Waals surface area contributed by atoms with Crippen LogP contribution in [0.25, 0.3) is 0 Å². The second-order valence-corrected chi connectivity index (χ2v) is 6.65. The molecule has 116 valence electrons. The molecule has 0 saturated carbocycles. The monoisotopic (exact) mass is 324 g/mol. The largest absolute Gasteiger partial charge is 0.458 e. The molecule has 2 aromatic rings. The minimum absolute atomic E-state index is 0.0461. The third-order valence-corrected chi connectivity index (χ3v) is 5.42. The maximum absolute atomic E-state index is 9.60. The molecule has 1 fully saturated rings. The van der Waals surface area contributed by atoms with Crippen LogP contribution >= 0.6 is 11.3 Å². The highest BCUT2D eigenvalue weighted by atomic mass is 32.1. The number of nitrogens with zero attached hydrogens (tertiary/aromatic N) is 1. The number of hydrogen-bond donors (Lipinski definition) is 3. The second kappa shape index (κ2) is 5.70. The van der Waals surface area contributed by atoms with E-state index >= 15 is 0 Å². The normalized spacial score (nSPS) is 29.7. The van der Waals surface area contributed by atoms with Crippen LogP contribution in [0.3, 0.4) is 0 Å². The molecule has 4 atom stereocenters. The molecule has 0 amide bonds. The second-order valence-electron chi connectivity index (χ2n) is 5.68. The molecule has 6 heteroatoms. The number of fused-ring (bicyclic) bond motifs is 1. The Bertz CT molecular complexity index is 766. The van der Waals surface area contributed by atoms with E-state index < -0.39 is 0 Å². The molecule has 4 unspecified atom stereocenters. The molecule has 4 N–H and O–H groups in total. The zero-order valence-electron chi connectivity index (χ0n) is 12.3. The van der Waals surface area contributed by atoms with E-state index in [4.69, 9.17) is 10.5 Å². The number of nitriles is 1. The first-order valence-corrected chi connectivity index (χ1v) is 8.33. The number of hydrazine groups is 1. The van der Waals surface area contributed by atoms with Crippen molar-refractivity contribution in [2.45, 2.75) is 18.2 Å². The van der Waals surface area contributed by atoms with E-state index in [2.05, 4.69) is 35.1 Å². The number of nitrogens with two attached hydrogens (primary N) is 1. The average Bonchev–Trinajstić information content (AvgIpc) is 3.24. The summed E-state index contributed by atoms with van der Waals surface area (Å²) in [5.41, 5.74) is 14.2.